The summed E-state index contributed by atoms with van der Waals surface area (Å²) in [6.45, 7) is 5.67. The Morgan fingerprint density at radius 1 is 1.26 bits per heavy atom. The summed E-state index contributed by atoms with van der Waals surface area (Å²) >= 11 is 0. The summed E-state index contributed by atoms with van der Waals surface area (Å²) < 4.78 is 11.2. The molecule has 2 aliphatic rings. The molecule has 2 fully saturated rings. The van der Waals surface area contributed by atoms with Crippen molar-refractivity contribution in [2.24, 2.45) is 0 Å². The summed E-state index contributed by atoms with van der Waals surface area (Å²) in [4.78, 5) is 19.1. The molecule has 1 aliphatic heterocycles. The number of amides is 1. The SMILES string of the molecule is CC(C)c1ccc(-c2noc(CCC(=O)N3CCOC4CCCC43)n2)cc1. The number of fused-ring (bicyclic) bond motifs is 1. The summed E-state index contributed by atoms with van der Waals surface area (Å²) in [5.41, 5.74) is 2.21. The van der Waals surface area contributed by atoms with Crippen LogP contribution in [0, 0.1) is 0 Å². The third kappa shape index (κ3) is 3.90. The quantitative estimate of drug-likeness (QED) is 0.806. The monoisotopic (exact) mass is 369 g/mol. The first-order valence-corrected chi connectivity index (χ1v) is 9.96. The van der Waals surface area contributed by atoms with Gasteiger partial charge in [-0.1, -0.05) is 43.3 Å². The second-order valence-electron chi connectivity index (χ2n) is 7.78. The van der Waals surface area contributed by atoms with Crippen molar-refractivity contribution >= 4 is 5.91 Å². The van der Waals surface area contributed by atoms with E-state index in [-0.39, 0.29) is 18.1 Å². The largest absolute Gasteiger partial charge is 0.374 e. The van der Waals surface area contributed by atoms with Crippen LogP contribution in [0.5, 0.6) is 0 Å². The third-order valence-corrected chi connectivity index (χ3v) is 5.66. The predicted molar refractivity (Wildman–Crippen MR) is 101 cm³/mol. The molecule has 4 rings (SSSR count). The molecule has 1 saturated heterocycles. The number of hydrogen-bond donors (Lipinski definition) is 0. The summed E-state index contributed by atoms with van der Waals surface area (Å²) in [7, 11) is 0. The topological polar surface area (TPSA) is 68.5 Å². The Balaban J connectivity index is 1.36. The summed E-state index contributed by atoms with van der Waals surface area (Å²) in [6, 6.07) is 8.47. The molecule has 1 saturated carbocycles. The maximum atomic E-state index is 12.7. The van der Waals surface area contributed by atoms with Crippen LogP contribution in [-0.4, -0.2) is 46.2 Å². The van der Waals surface area contributed by atoms with E-state index in [0.717, 1.165) is 24.8 Å². The molecule has 0 N–H and O–H groups in total. The molecule has 27 heavy (non-hydrogen) atoms. The van der Waals surface area contributed by atoms with E-state index in [1.54, 1.807) is 0 Å². The van der Waals surface area contributed by atoms with Gasteiger partial charge in [0.15, 0.2) is 0 Å². The van der Waals surface area contributed by atoms with Crippen molar-refractivity contribution in [3.05, 3.63) is 35.7 Å². The Kier molecular flexibility index (Phi) is 5.25. The van der Waals surface area contributed by atoms with Gasteiger partial charge in [0.05, 0.1) is 18.8 Å². The van der Waals surface area contributed by atoms with Crippen LogP contribution in [0.4, 0.5) is 0 Å². The Labute approximate surface area is 159 Å². The van der Waals surface area contributed by atoms with E-state index < -0.39 is 0 Å². The van der Waals surface area contributed by atoms with Crippen LogP contribution in [-0.2, 0) is 16.0 Å². The number of hydrogen-bond acceptors (Lipinski definition) is 5. The second kappa shape index (κ2) is 7.80. The fourth-order valence-electron chi connectivity index (χ4n) is 4.08. The van der Waals surface area contributed by atoms with Crippen molar-refractivity contribution in [3.8, 4) is 11.4 Å². The number of carbonyl (C=O) groups excluding carboxylic acids is 1. The van der Waals surface area contributed by atoms with Gasteiger partial charge >= 0.3 is 0 Å². The van der Waals surface area contributed by atoms with Gasteiger partial charge in [0.2, 0.25) is 17.6 Å². The average molecular weight is 369 g/mol. The number of carbonyl (C=O) groups is 1. The summed E-state index contributed by atoms with van der Waals surface area (Å²) in [5.74, 6) is 1.75. The van der Waals surface area contributed by atoms with Gasteiger partial charge in [0, 0.05) is 24.9 Å². The average Bonchev–Trinajstić information content (AvgIpc) is 3.35. The highest BCUT2D eigenvalue weighted by atomic mass is 16.5. The first-order chi connectivity index (χ1) is 13.1. The number of rotatable bonds is 5. The molecule has 1 aromatic heterocycles. The number of ether oxygens (including phenoxy) is 1. The molecule has 0 spiro atoms. The Morgan fingerprint density at radius 2 is 2.07 bits per heavy atom. The molecule has 1 aliphatic carbocycles. The Morgan fingerprint density at radius 3 is 2.85 bits per heavy atom. The lowest BCUT2D eigenvalue weighted by atomic mass is 10.0. The van der Waals surface area contributed by atoms with E-state index in [0.29, 0.717) is 43.6 Å². The van der Waals surface area contributed by atoms with E-state index in [1.165, 1.54) is 5.56 Å². The highest BCUT2D eigenvalue weighted by Gasteiger charge is 2.38. The van der Waals surface area contributed by atoms with Crippen molar-refractivity contribution in [2.45, 2.75) is 64.0 Å². The van der Waals surface area contributed by atoms with Gasteiger partial charge < -0.3 is 14.2 Å². The normalized spacial score (nSPS) is 22.3. The molecule has 144 valence electrons. The first kappa shape index (κ1) is 18.2. The van der Waals surface area contributed by atoms with Crippen LogP contribution in [0.1, 0.15) is 56.9 Å². The van der Waals surface area contributed by atoms with E-state index in [9.17, 15) is 4.79 Å². The molecule has 0 bridgehead atoms. The predicted octanol–water partition coefficient (Wildman–Crippen LogP) is 3.57. The van der Waals surface area contributed by atoms with Crippen molar-refractivity contribution < 1.29 is 14.1 Å². The number of aryl methyl sites for hydroxylation is 1. The molecule has 2 atom stereocenters. The lowest BCUT2D eigenvalue weighted by molar-refractivity contribution is -0.144. The number of aromatic nitrogens is 2. The molecular weight excluding hydrogens is 342 g/mol. The Hall–Kier alpha value is -2.21. The summed E-state index contributed by atoms with van der Waals surface area (Å²) in [5, 5.41) is 4.07. The van der Waals surface area contributed by atoms with E-state index in [4.69, 9.17) is 9.26 Å². The minimum absolute atomic E-state index is 0.163. The number of morpholine rings is 1. The van der Waals surface area contributed by atoms with Crippen LogP contribution < -0.4 is 0 Å². The van der Waals surface area contributed by atoms with Crippen molar-refractivity contribution in [3.63, 3.8) is 0 Å². The van der Waals surface area contributed by atoms with Crippen LogP contribution in [0.3, 0.4) is 0 Å². The second-order valence-corrected chi connectivity index (χ2v) is 7.78. The first-order valence-electron chi connectivity index (χ1n) is 9.96. The van der Waals surface area contributed by atoms with E-state index in [1.807, 2.05) is 17.0 Å². The number of benzene rings is 1. The van der Waals surface area contributed by atoms with Gasteiger partial charge in [-0.05, 0) is 30.7 Å². The highest BCUT2D eigenvalue weighted by Crippen LogP contribution is 2.30. The molecule has 1 aromatic carbocycles. The van der Waals surface area contributed by atoms with E-state index >= 15 is 0 Å². The number of nitrogens with zero attached hydrogens (tertiary/aromatic N) is 3. The molecule has 1 amide bonds. The molecule has 2 heterocycles. The molecule has 2 unspecified atom stereocenters. The van der Waals surface area contributed by atoms with Gasteiger partial charge in [-0.3, -0.25) is 4.79 Å². The van der Waals surface area contributed by atoms with Crippen molar-refractivity contribution in [1.82, 2.24) is 15.0 Å². The van der Waals surface area contributed by atoms with Crippen LogP contribution >= 0.6 is 0 Å². The third-order valence-electron chi connectivity index (χ3n) is 5.66. The van der Waals surface area contributed by atoms with Crippen LogP contribution in [0.25, 0.3) is 11.4 Å². The zero-order valence-corrected chi connectivity index (χ0v) is 16.1. The maximum absolute atomic E-state index is 12.7. The maximum Gasteiger partial charge on any atom is 0.227 e. The fraction of sp³-hybridized carbons (Fsp3) is 0.571. The molecule has 0 radical (unpaired) electrons. The molecule has 6 nitrogen and oxygen atoms in total. The summed E-state index contributed by atoms with van der Waals surface area (Å²) in [6.07, 6.45) is 4.36. The Bertz CT molecular complexity index is 784. The van der Waals surface area contributed by atoms with E-state index in [2.05, 4.69) is 36.1 Å². The van der Waals surface area contributed by atoms with Crippen molar-refractivity contribution in [2.75, 3.05) is 13.2 Å². The zero-order chi connectivity index (χ0) is 18.8. The highest BCUT2D eigenvalue weighted by molar-refractivity contribution is 5.77. The molecule has 2 aromatic rings. The van der Waals surface area contributed by atoms with Gasteiger partial charge in [-0.2, -0.15) is 4.98 Å². The van der Waals surface area contributed by atoms with Crippen LogP contribution in [0.2, 0.25) is 0 Å². The zero-order valence-electron chi connectivity index (χ0n) is 16.1. The van der Waals surface area contributed by atoms with Gasteiger partial charge in [0.25, 0.3) is 0 Å². The fourth-order valence-corrected chi connectivity index (χ4v) is 4.08. The molecular formula is C21H27N3O3. The minimum Gasteiger partial charge on any atom is -0.374 e. The lowest BCUT2D eigenvalue weighted by Gasteiger charge is -2.37. The minimum atomic E-state index is 0.163. The standard InChI is InChI=1S/C21H27N3O3/c1-14(2)15-6-8-16(9-7-15)21-22-19(27-23-21)10-11-20(25)24-12-13-26-18-5-3-4-17(18)24/h6-9,14,17-18H,3-5,10-13H2,1-2H3. The lowest BCUT2D eigenvalue weighted by Crippen LogP contribution is -2.51. The molecule has 6 heteroatoms. The van der Waals surface area contributed by atoms with Gasteiger partial charge in [0.1, 0.15) is 0 Å². The van der Waals surface area contributed by atoms with Crippen LogP contribution in [0.15, 0.2) is 28.8 Å². The van der Waals surface area contributed by atoms with Gasteiger partial charge in [-0.15, -0.1) is 0 Å². The smallest absolute Gasteiger partial charge is 0.227 e. The van der Waals surface area contributed by atoms with Gasteiger partial charge in [-0.25, -0.2) is 0 Å². The van der Waals surface area contributed by atoms with Crippen molar-refractivity contribution in [1.29, 1.82) is 0 Å².